The van der Waals surface area contributed by atoms with Crippen LogP contribution in [0.15, 0.2) is 30.3 Å². The van der Waals surface area contributed by atoms with E-state index in [-0.39, 0.29) is 5.54 Å². The average molecular weight is 262 g/mol. The first-order chi connectivity index (χ1) is 9.07. The van der Waals surface area contributed by atoms with Crippen LogP contribution in [0.2, 0.25) is 0 Å². The summed E-state index contributed by atoms with van der Waals surface area (Å²) in [6, 6.07) is 10.7. The largest absolute Gasteiger partial charge is 0.329 e. The van der Waals surface area contributed by atoms with E-state index in [9.17, 15) is 0 Å². The highest BCUT2D eigenvalue weighted by atomic mass is 15.2. The van der Waals surface area contributed by atoms with E-state index in [0.717, 1.165) is 32.5 Å². The molecule has 0 aromatic heterocycles. The maximum atomic E-state index is 6.18. The maximum absolute atomic E-state index is 6.18. The second-order valence-electron chi connectivity index (χ2n) is 5.88. The van der Waals surface area contributed by atoms with Crippen LogP contribution < -0.4 is 5.73 Å². The van der Waals surface area contributed by atoms with Gasteiger partial charge in [-0.25, -0.2) is 0 Å². The summed E-state index contributed by atoms with van der Waals surface area (Å²) in [6.45, 7) is 12.0. The molecule has 0 aliphatic carbocycles. The molecule has 0 aliphatic rings. The molecule has 1 atom stereocenters. The highest BCUT2D eigenvalue weighted by molar-refractivity contribution is 5.18. The van der Waals surface area contributed by atoms with Crippen LogP contribution in [-0.4, -0.2) is 30.1 Å². The molecular formula is C17H30N2. The van der Waals surface area contributed by atoms with E-state index in [1.165, 1.54) is 5.56 Å². The van der Waals surface area contributed by atoms with Gasteiger partial charge >= 0.3 is 0 Å². The first-order valence-corrected chi connectivity index (χ1v) is 7.57. The van der Waals surface area contributed by atoms with Gasteiger partial charge in [-0.05, 0) is 30.9 Å². The van der Waals surface area contributed by atoms with Crippen molar-refractivity contribution in [2.45, 2.75) is 46.1 Å². The van der Waals surface area contributed by atoms with Crippen molar-refractivity contribution in [1.29, 1.82) is 0 Å². The lowest BCUT2D eigenvalue weighted by molar-refractivity contribution is 0.0818. The Morgan fingerprint density at radius 3 is 2.21 bits per heavy atom. The van der Waals surface area contributed by atoms with E-state index in [4.69, 9.17) is 5.73 Å². The van der Waals surface area contributed by atoms with Crippen molar-refractivity contribution in [3.63, 3.8) is 0 Å². The van der Waals surface area contributed by atoms with Crippen LogP contribution in [0, 0.1) is 5.92 Å². The first-order valence-electron chi connectivity index (χ1n) is 7.57. The second kappa shape index (κ2) is 7.66. The normalized spacial score (nSPS) is 14.9. The Kier molecular flexibility index (Phi) is 6.53. The Balaban J connectivity index is 2.94. The van der Waals surface area contributed by atoms with Gasteiger partial charge in [0, 0.05) is 18.6 Å². The third kappa shape index (κ3) is 4.32. The molecule has 0 spiro atoms. The average Bonchev–Trinajstić information content (AvgIpc) is 2.43. The van der Waals surface area contributed by atoms with Gasteiger partial charge in [-0.3, -0.25) is 4.90 Å². The zero-order valence-corrected chi connectivity index (χ0v) is 13.0. The Hall–Kier alpha value is -0.860. The summed E-state index contributed by atoms with van der Waals surface area (Å²) < 4.78 is 0. The van der Waals surface area contributed by atoms with E-state index in [2.05, 4.69) is 62.9 Å². The number of rotatable bonds is 8. The molecule has 0 saturated carbocycles. The van der Waals surface area contributed by atoms with Crippen molar-refractivity contribution in [2.75, 3.05) is 19.6 Å². The quantitative estimate of drug-likeness (QED) is 0.779. The third-order valence-corrected chi connectivity index (χ3v) is 4.05. The number of nitrogens with zero attached hydrogens (tertiary/aromatic N) is 1. The predicted molar refractivity (Wildman–Crippen MR) is 84.3 cm³/mol. The Bertz CT molecular complexity index is 342. The Morgan fingerprint density at radius 1 is 1.16 bits per heavy atom. The standard InChI is InChI=1S/C17H30N2/c1-5-17(14-18,19(6-2)13-15(3)4)12-16-10-8-7-9-11-16/h7-11,15H,5-6,12-14,18H2,1-4H3. The van der Waals surface area contributed by atoms with Crippen molar-refractivity contribution < 1.29 is 0 Å². The van der Waals surface area contributed by atoms with Crippen LogP contribution in [0.1, 0.15) is 39.7 Å². The minimum Gasteiger partial charge on any atom is -0.329 e. The molecule has 0 saturated heterocycles. The molecule has 19 heavy (non-hydrogen) atoms. The number of hydrogen-bond acceptors (Lipinski definition) is 2. The summed E-state index contributed by atoms with van der Waals surface area (Å²) >= 11 is 0. The summed E-state index contributed by atoms with van der Waals surface area (Å²) in [7, 11) is 0. The van der Waals surface area contributed by atoms with E-state index in [0.29, 0.717) is 5.92 Å². The minimum atomic E-state index is 0.0976. The summed E-state index contributed by atoms with van der Waals surface area (Å²) in [5.74, 6) is 0.674. The van der Waals surface area contributed by atoms with Crippen molar-refractivity contribution in [2.24, 2.45) is 11.7 Å². The fourth-order valence-electron chi connectivity index (χ4n) is 2.88. The third-order valence-electron chi connectivity index (χ3n) is 4.05. The summed E-state index contributed by atoms with van der Waals surface area (Å²) in [6.07, 6.45) is 2.14. The Morgan fingerprint density at radius 2 is 1.79 bits per heavy atom. The van der Waals surface area contributed by atoms with Crippen LogP contribution in [0.5, 0.6) is 0 Å². The van der Waals surface area contributed by atoms with Crippen LogP contribution >= 0.6 is 0 Å². The van der Waals surface area contributed by atoms with Gasteiger partial charge in [0.2, 0.25) is 0 Å². The van der Waals surface area contributed by atoms with Gasteiger partial charge in [0.1, 0.15) is 0 Å². The molecule has 2 heteroatoms. The molecule has 2 nitrogen and oxygen atoms in total. The van der Waals surface area contributed by atoms with Crippen molar-refractivity contribution >= 4 is 0 Å². The molecule has 1 aromatic rings. The molecule has 0 bridgehead atoms. The molecule has 0 fully saturated rings. The van der Waals surface area contributed by atoms with Gasteiger partial charge in [0.15, 0.2) is 0 Å². The van der Waals surface area contributed by atoms with E-state index >= 15 is 0 Å². The number of hydrogen-bond donors (Lipinski definition) is 1. The topological polar surface area (TPSA) is 29.3 Å². The molecule has 1 aromatic carbocycles. The van der Waals surface area contributed by atoms with Crippen LogP contribution in [0.4, 0.5) is 0 Å². The zero-order chi connectivity index (χ0) is 14.3. The van der Waals surface area contributed by atoms with Crippen LogP contribution in [0.3, 0.4) is 0 Å². The van der Waals surface area contributed by atoms with Gasteiger partial charge < -0.3 is 5.73 Å². The van der Waals surface area contributed by atoms with Crippen molar-refractivity contribution in [1.82, 2.24) is 4.90 Å². The fourth-order valence-corrected chi connectivity index (χ4v) is 2.88. The summed E-state index contributed by atoms with van der Waals surface area (Å²) in [5.41, 5.74) is 7.66. The molecule has 1 unspecified atom stereocenters. The number of likely N-dealkylation sites (N-methyl/N-ethyl adjacent to an activating group) is 1. The second-order valence-corrected chi connectivity index (χ2v) is 5.88. The molecule has 0 amide bonds. The minimum absolute atomic E-state index is 0.0976. The fraction of sp³-hybridized carbons (Fsp3) is 0.647. The lowest BCUT2D eigenvalue weighted by Crippen LogP contribution is -2.56. The molecule has 2 N–H and O–H groups in total. The lowest BCUT2D eigenvalue weighted by atomic mass is 9.85. The van der Waals surface area contributed by atoms with Crippen LogP contribution in [0.25, 0.3) is 0 Å². The monoisotopic (exact) mass is 262 g/mol. The molecule has 0 aliphatic heterocycles. The molecule has 0 radical (unpaired) electrons. The lowest BCUT2D eigenvalue weighted by Gasteiger charge is -2.43. The van der Waals surface area contributed by atoms with Crippen molar-refractivity contribution in [3.8, 4) is 0 Å². The number of benzene rings is 1. The maximum Gasteiger partial charge on any atom is 0.0369 e. The van der Waals surface area contributed by atoms with Gasteiger partial charge in [0.05, 0.1) is 0 Å². The first kappa shape index (κ1) is 16.2. The van der Waals surface area contributed by atoms with Crippen molar-refractivity contribution in [3.05, 3.63) is 35.9 Å². The van der Waals surface area contributed by atoms with Gasteiger partial charge in [-0.2, -0.15) is 0 Å². The Labute approximate surface area is 119 Å². The van der Waals surface area contributed by atoms with Gasteiger partial charge in [-0.15, -0.1) is 0 Å². The van der Waals surface area contributed by atoms with Crippen LogP contribution in [-0.2, 0) is 6.42 Å². The smallest absolute Gasteiger partial charge is 0.0369 e. The van der Waals surface area contributed by atoms with E-state index in [1.54, 1.807) is 0 Å². The van der Waals surface area contributed by atoms with E-state index < -0.39 is 0 Å². The molecule has 1 rings (SSSR count). The molecular weight excluding hydrogens is 232 g/mol. The molecule has 108 valence electrons. The van der Waals surface area contributed by atoms with Gasteiger partial charge in [-0.1, -0.05) is 58.0 Å². The molecule has 0 heterocycles. The predicted octanol–water partition coefficient (Wildman–Crippen LogP) is 3.31. The number of nitrogens with two attached hydrogens (primary N) is 1. The zero-order valence-electron chi connectivity index (χ0n) is 13.0. The summed E-state index contributed by atoms with van der Waals surface area (Å²) in [4.78, 5) is 2.57. The highest BCUT2D eigenvalue weighted by Gasteiger charge is 2.33. The SMILES string of the molecule is CCN(CC(C)C)C(CC)(CN)Cc1ccccc1. The van der Waals surface area contributed by atoms with Gasteiger partial charge in [0.25, 0.3) is 0 Å². The highest BCUT2D eigenvalue weighted by Crippen LogP contribution is 2.25. The summed E-state index contributed by atoms with van der Waals surface area (Å²) in [5, 5.41) is 0. The van der Waals surface area contributed by atoms with E-state index in [1.807, 2.05) is 0 Å².